The van der Waals surface area contributed by atoms with Crippen LogP contribution in [0.1, 0.15) is 59.5 Å². The zero-order valence-electron chi connectivity index (χ0n) is 18.4. The van der Waals surface area contributed by atoms with Gasteiger partial charge in [0.15, 0.2) is 0 Å². The van der Waals surface area contributed by atoms with Gasteiger partial charge in [0.25, 0.3) is 0 Å². The highest BCUT2D eigenvalue weighted by Gasteiger charge is 2.34. The number of pyridine rings is 1. The van der Waals surface area contributed by atoms with Crippen molar-refractivity contribution in [2.75, 3.05) is 0 Å². The third-order valence-corrected chi connectivity index (χ3v) is 6.80. The first-order chi connectivity index (χ1) is 15.6. The first-order valence-corrected chi connectivity index (χ1v) is 11.7. The summed E-state index contributed by atoms with van der Waals surface area (Å²) in [5, 5.41) is 12.2. The molecule has 0 radical (unpaired) electrons. The molecule has 0 fully saturated rings. The van der Waals surface area contributed by atoms with Crippen molar-refractivity contribution in [1.29, 1.82) is 0 Å². The summed E-state index contributed by atoms with van der Waals surface area (Å²) in [6.45, 7) is 0. The SMILES string of the molecule is NC1(O)CCCc2nc3ccccc3c(CCCC(c3ccccc3)c3ccccc3)c21. The van der Waals surface area contributed by atoms with E-state index in [0.717, 1.165) is 54.3 Å². The summed E-state index contributed by atoms with van der Waals surface area (Å²) in [5.41, 5.74) is 11.8. The van der Waals surface area contributed by atoms with Crippen LogP contribution < -0.4 is 5.73 Å². The van der Waals surface area contributed by atoms with Crippen molar-refractivity contribution < 1.29 is 5.11 Å². The first-order valence-electron chi connectivity index (χ1n) is 11.7. The van der Waals surface area contributed by atoms with Crippen LogP contribution in [0.15, 0.2) is 84.9 Å². The Labute approximate surface area is 189 Å². The Kier molecular flexibility index (Phi) is 5.77. The minimum Gasteiger partial charge on any atom is -0.372 e. The van der Waals surface area contributed by atoms with Gasteiger partial charge in [0.2, 0.25) is 0 Å². The van der Waals surface area contributed by atoms with Gasteiger partial charge in [-0.25, -0.2) is 0 Å². The van der Waals surface area contributed by atoms with Crippen LogP contribution in [0, 0.1) is 0 Å². The quantitative estimate of drug-likeness (QED) is 0.384. The molecule has 32 heavy (non-hydrogen) atoms. The predicted molar refractivity (Wildman–Crippen MR) is 130 cm³/mol. The molecule has 0 saturated carbocycles. The second-order valence-electron chi connectivity index (χ2n) is 8.97. The van der Waals surface area contributed by atoms with Gasteiger partial charge in [-0.15, -0.1) is 0 Å². The number of aryl methyl sites for hydroxylation is 2. The third-order valence-electron chi connectivity index (χ3n) is 6.80. The van der Waals surface area contributed by atoms with Gasteiger partial charge in [-0.1, -0.05) is 78.9 Å². The Balaban J connectivity index is 1.48. The zero-order valence-corrected chi connectivity index (χ0v) is 18.4. The number of aliphatic hydroxyl groups is 1. The van der Waals surface area contributed by atoms with E-state index in [1.54, 1.807) is 0 Å². The van der Waals surface area contributed by atoms with Crippen molar-refractivity contribution >= 4 is 10.9 Å². The van der Waals surface area contributed by atoms with E-state index >= 15 is 0 Å². The lowest BCUT2D eigenvalue weighted by Crippen LogP contribution is -2.41. The van der Waals surface area contributed by atoms with E-state index in [-0.39, 0.29) is 0 Å². The minimum absolute atomic E-state index is 0.345. The van der Waals surface area contributed by atoms with Gasteiger partial charge < -0.3 is 5.11 Å². The number of para-hydroxylation sites is 1. The van der Waals surface area contributed by atoms with Crippen LogP contribution >= 0.6 is 0 Å². The van der Waals surface area contributed by atoms with E-state index in [0.29, 0.717) is 12.3 Å². The van der Waals surface area contributed by atoms with Crippen LogP contribution in [0.3, 0.4) is 0 Å². The summed E-state index contributed by atoms with van der Waals surface area (Å²) in [6, 6.07) is 29.8. The zero-order chi connectivity index (χ0) is 22.0. The fourth-order valence-corrected chi connectivity index (χ4v) is 5.32. The van der Waals surface area contributed by atoms with Gasteiger partial charge in [-0.05, 0) is 61.3 Å². The highest BCUT2D eigenvalue weighted by atomic mass is 16.3. The van der Waals surface area contributed by atoms with E-state index in [4.69, 9.17) is 10.7 Å². The van der Waals surface area contributed by atoms with E-state index in [1.165, 1.54) is 16.7 Å². The highest BCUT2D eigenvalue weighted by Crippen LogP contribution is 2.38. The number of benzene rings is 3. The molecule has 3 aromatic carbocycles. The Morgan fingerprint density at radius 3 is 2.19 bits per heavy atom. The Morgan fingerprint density at radius 1 is 0.875 bits per heavy atom. The number of hydrogen-bond acceptors (Lipinski definition) is 3. The predicted octanol–water partition coefficient (Wildman–Crippen LogP) is 5.83. The van der Waals surface area contributed by atoms with Crippen molar-refractivity contribution in [1.82, 2.24) is 4.98 Å². The molecule has 0 spiro atoms. The van der Waals surface area contributed by atoms with Crippen LogP contribution in [0.5, 0.6) is 0 Å². The van der Waals surface area contributed by atoms with E-state index in [9.17, 15) is 5.11 Å². The molecule has 1 aliphatic rings. The lowest BCUT2D eigenvalue weighted by molar-refractivity contribution is 0.0239. The number of nitrogens with zero attached hydrogens (tertiary/aromatic N) is 1. The molecule has 0 saturated heterocycles. The lowest BCUT2D eigenvalue weighted by Gasteiger charge is -2.33. The molecule has 3 heteroatoms. The maximum absolute atomic E-state index is 11.1. The van der Waals surface area contributed by atoms with Crippen molar-refractivity contribution in [2.45, 2.75) is 50.2 Å². The molecule has 3 N–H and O–H groups in total. The second-order valence-corrected chi connectivity index (χ2v) is 8.97. The normalized spacial score (nSPS) is 18.1. The maximum Gasteiger partial charge on any atom is 0.141 e. The Hall–Kier alpha value is -3.01. The van der Waals surface area contributed by atoms with Crippen LogP contribution in [0.2, 0.25) is 0 Å². The summed E-state index contributed by atoms with van der Waals surface area (Å²) in [5.74, 6) is 0.345. The fraction of sp³-hybridized carbons (Fsp3) is 0.276. The van der Waals surface area contributed by atoms with Crippen LogP contribution in [0.4, 0.5) is 0 Å². The number of fused-ring (bicyclic) bond motifs is 2. The van der Waals surface area contributed by atoms with E-state index in [2.05, 4.69) is 78.9 Å². The van der Waals surface area contributed by atoms with Gasteiger partial charge in [0.05, 0.1) is 5.52 Å². The maximum atomic E-state index is 11.1. The largest absolute Gasteiger partial charge is 0.372 e. The molecule has 4 aromatic rings. The molecule has 0 amide bonds. The van der Waals surface area contributed by atoms with Gasteiger partial charge in [-0.2, -0.15) is 0 Å². The molecule has 1 aliphatic carbocycles. The number of hydrogen-bond donors (Lipinski definition) is 2. The molecule has 1 unspecified atom stereocenters. The second kappa shape index (κ2) is 8.85. The Bertz CT molecular complexity index is 1160. The molecule has 1 heterocycles. The standard InChI is InChI=1S/C29H30N2O/c30-29(32)20-10-19-27-28(29)25(24-15-7-8-18-26(24)31-27)17-9-16-23(21-11-3-1-4-12-21)22-13-5-2-6-14-22/h1-8,11-15,18,23,32H,9-10,16-17,19-20,30H2. The van der Waals surface area contributed by atoms with Crippen LogP contribution in [-0.4, -0.2) is 10.1 Å². The number of nitrogens with two attached hydrogens (primary N) is 1. The molecule has 0 bridgehead atoms. The Morgan fingerprint density at radius 2 is 1.50 bits per heavy atom. The van der Waals surface area contributed by atoms with Crippen molar-refractivity contribution in [2.24, 2.45) is 5.73 Å². The smallest absolute Gasteiger partial charge is 0.141 e. The molecule has 1 aromatic heterocycles. The molecule has 1 atom stereocenters. The molecule has 3 nitrogen and oxygen atoms in total. The number of aromatic nitrogens is 1. The fourth-order valence-electron chi connectivity index (χ4n) is 5.32. The monoisotopic (exact) mass is 422 g/mol. The number of rotatable bonds is 6. The molecule has 0 aliphatic heterocycles. The van der Waals surface area contributed by atoms with Gasteiger partial charge >= 0.3 is 0 Å². The van der Waals surface area contributed by atoms with E-state index < -0.39 is 5.72 Å². The topological polar surface area (TPSA) is 59.1 Å². The third kappa shape index (κ3) is 4.06. The minimum atomic E-state index is -1.29. The molecule has 5 rings (SSSR count). The first kappa shape index (κ1) is 20.9. The van der Waals surface area contributed by atoms with Crippen molar-refractivity contribution in [3.8, 4) is 0 Å². The summed E-state index contributed by atoms with van der Waals surface area (Å²) in [6.07, 6.45) is 5.25. The summed E-state index contributed by atoms with van der Waals surface area (Å²) in [7, 11) is 0. The summed E-state index contributed by atoms with van der Waals surface area (Å²) < 4.78 is 0. The highest BCUT2D eigenvalue weighted by molar-refractivity contribution is 5.84. The molecular formula is C29H30N2O. The van der Waals surface area contributed by atoms with Gasteiger partial charge in [-0.3, -0.25) is 10.7 Å². The van der Waals surface area contributed by atoms with Gasteiger partial charge in [0, 0.05) is 22.6 Å². The van der Waals surface area contributed by atoms with E-state index in [1.807, 2.05) is 6.07 Å². The van der Waals surface area contributed by atoms with Crippen molar-refractivity contribution in [3.05, 3.63) is 113 Å². The average Bonchev–Trinajstić information content (AvgIpc) is 2.82. The summed E-state index contributed by atoms with van der Waals surface area (Å²) in [4.78, 5) is 4.87. The summed E-state index contributed by atoms with van der Waals surface area (Å²) >= 11 is 0. The molecular weight excluding hydrogens is 392 g/mol. The van der Waals surface area contributed by atoms with Crippen molar-refractivity contribution in [3.63, 3.8) is 0 Å². The lowest BCUT2D eigenvalue weighted by atomic mass is 9.81. The molecule has 162 valence electrons. The van der Waals surface area contributed by atoms with Gasteiger partial charge in [0.1, 0.15) is 5.72 Å². The van der Waals surface area contributed by atoms with Crippen LogP contribution in [0.25, 0.3) is 10.9 Å². The van der Waals surface area contributed by atoms with Crippen LogP contribution in [-0.2, 0) is 18.6 Å². The average molecular weight is 423 g/mol.